The average molecular weight is 474 g/mol. The number of carbonyl (C=O) groups excluding carboxylic acids is 1. The highest BCUT2D eigenvalue weighted by Gasteiger charge is 2.23. The van der Waals surface area contributed by atoms with Crippen LogP contribution in [0.15, 0.2) is 34.2 Å². The molecule has 1 saturated heterocycles. The van der Waals surface area contributed by atoms with Gasteiger partial charge in [-0.05, 0) is 56.0 Å². The van der Waals surface area contributed by atoms with Crippen LogP contribution in [-0.2, 0) is 22.5 Å². The molecule has 1 amide bonds. The second-order valence-electron chi connectivity index (χ2n) is 7.68. The predicted molar refractivity (Wildman–Crippen MR) is 129 cm³/mol. The molecule has 4 rings (SSSR count). The van der Waals surface area contributed by atoms with Gasteiger partial charge in [0.25, 0.3) is 5.56 Å². The Morgan fingerprint density at radius 1 is 1.38 bits per heavy atom. The number of hydrogen-bond acceptors (Lipinski definition) is 7. The Hall–Kier alpha value is -2.36. The summed E-state index contributed by atoms with van der Waals surface area (Å²) in [6.07, 6.45) is 2.72. The molecule has 1 N–H and O–H groups in total. The molecule has 1 aliphatic rings. The van der Waals surface area contributed by atoms with Gasteiger partial charge in [-0.15, -0.1) is 11.3 Å². The van der Waals surface area contributed by atoms with Crippen molar-refractivity contribution in [2.45, 2.75) is 50.9 Å². The minimum absolute atomic E-state index is 0.00392. The zero-order valence-corrected chi connectivity index (χ0v) is 20.1. The minimum Gasteiger partial charge on any atom is -0.497 e. The molecular formula is C23H27N3O4S2. The Kier molecular flexibility index (Phi) is 7.17. The molecule has 0 bridgehead atoms. The molecule has 2 aromatic heterocycles. The van der Waals surface area contributed by atoms with Gasteiger partial charge < -0.3 is 14.8 Å². The Labute approximate surface area is 195 Å². The van der Waals surface area contributed by atoms with Crippen molar-refractivity contribution >= 4 is 44.9 Å². The largest absolute Gasteiger partial charge is 0.497 e. The molecule has 1 atom stereocenters. The first kappa shape index (κ1) is 22.8. The van der Waals surface area contributed by atoms with E-state index in [0.29, 0.717) is 22.8 Å². The van der Waals surface area contributed by atoms with Gasteiger partial charge >= 0.3 is 0 Å². The highest BCUT2D eigenvalue weighted by molar-refractivity contribution is 7.99. The molecule has 9 heteroatoms. The number of aryl methyl sites for hydroxylation is 2. The maximum Gasteiger partial charge on any atom is 0.263 e. The third kappa shape index (κ3) is 4.84. The van der Waals surface area contributed by atoms with Gasteiger partial charge in [0.15, 0.2) is 5.16 Å². The maximum absolute atomic E-state index is 13.5. The van der Waals surface area contributed by atoms with E-state index in [1.807, 2.05) is 6.92 Å². The Morgan fingerprint density at radius 2 is 2.16 bits per heavy atom. The number of hydrogen-bond donors (Lipinski definition) is 1. The summed E-state index contributed by atoms with van der Waals surface area (Å²) in [5.41, 5.74) is 1.72. The number of rotatable bonds is 8. The highest BCUT2D eigenvalue weighted by atomic mass is 32.2. The lowest BCUT2D eigenvalue weighted by Gasteiger charge is -2.16. The third-order valence-electron chi connectivity index (χ3n) is 5.55. The van der Waals surface area contributed by atoms with E-state index < -0.39 is 0 Å². The number of thiophene rings is 1. The van der Waals surface area contributed by atoms with E-state index >= 15 is 0 Å². The van der Waals surface area contributed by atoms with Crippen LogP contribution in [0.25, 0.3) is 10.2 Å². The molecule has 32 heavy (non-hydrogen) atoms. The number of carbonyl (C=O) groups is 1. The number of fused-ring (bicyclic) bond motifs is 1. The second kappa shape index (κ2) is 10.1. The number of aromatic nitrogens is 2. The lowest BCUT2D eigenvalue weighted by molar-refractivity contribution is -0.113. The van der Waals surface area contributed by atoms with Crippen LogP contribution in [0.1, 0.15) is 30.2 Å². The molecule has 0 saturated carbocycles. The van der Waals surface area contributed by atoms with Crippen LogP contribution >= 0.6 is 23.1 Å². The molecule has 1 aliphatic heterocycles. The van der Waals surface area contributed by atoms with Crippen molar-refractivity contribution in [3.63, 3.8) is 0 Å². The molecule has 1 aromatic carbocycles. The van der Waals surface area contributed by atoms with Crippen molar-refractivity contribution in [1.29, 1.82) is 0 Å². The summed E-state index contributed by atoms with van der Waals surface area (Å²) in [6.45, 7) is 5.27. The van der Waals surface area contributed by atoms with Crippen LogP contribution in [0.2, 0.25) is 0 Å². The number of methoxy groups -OCH3 is 1. The average Bonchev–Trinajstić information content (AvgIpc) is 3.42. The third-order valence-corrected chi connectivity index (χ3v) is 7.57. The Balaban J connectivity index is 1.58. The number of nitrogens with zero attached hydrogens (tertiary/aromatic N) is 2. The van der Waals surface area contributed by atoms with Gasteiger partial charge in [0.2, 0.25) is 5.91 Å². The van der Waals surface area contributed by atoms with Crippen molar-refractivity contribution in [3.05, 3.63) is 45.1 Å². The monoisotopic (exact) mass is 473 g/mol. The Bertz CT molecular complexity index is 1160. The van der Waals surface area contributed by atoms with E-state index in [1.165, 1.54) is 11.8 Å². The van der Waals surface area contributed by atoms with Gasteiger partial charge in [-0.2, -0.15) is 0 Å². The van der Waals surface area contributed by atoms with Gasteiger partial charge in [-0.1, -0.05) is 18.7 Å². The van der Waals surface area contributed by atoms with Gasteiger partial charge in [0, 0.05) is 17.2 Å². The summed E-state index contributed by atoms with van der Waals surface area (Å²) in [6, 6.07) is 7.17. The topological polar surface area (TPSA) is 82.4 Å². The molecule has 1 unspecified atom stereocenters. The van der Waals surface area contributed by atoms with Crippen molar-refractivity contribution in [3.8, 4) is 5.75 Å². The number of nitrogens with one attached hydrogen (secondary N) is 1. The summed E-state index contributed by atoms with van der Waals surface area (Å²) < 4.78 is 12.6. The van der Waals surface area contributed by atoms with Gasteiger partial charge in [-0.3, -0.25) is 14.2 Å². The number of amides is 1. The van der Waals surface area contributed by atoms with E-state index in [2.05, 4.69) is 12.2 Å². The first-order valence-electron chi connectivity index (χ1n) is 10.7. The first-order chi connectivity index (χ1) is 15.5. The summed E-state index contributed by atoms with van der Waals surface area (Å²) in [5.74, 6) is 0.723. The van der Waals surface area contributed by atoms with E-state index in [0.717, 1.165) is 46.9 Å². The molecule has 3 aromatic rings. The van der Waals surface area contributed by atoms with Gasteiger partial charge in [-0.25, -0.2) is 4.98 Å². The summed E-state index contributed by atoms with van der Waals surface area (Å²) in [7, 11) is 1.60. The number of thioether (sulfide) groups is 1. The molecule has 0 spiro atoms. The van der Waals surface area contributed by atoms with Crippen LogP contribution in [0.4, 0.5) is 5.69 Å². The van der Waals surface area contributed by atoms with E-state index in [1.54, 1.807) is 47.3 Å². The minimum atomic E-state index is -0.158. The first-order valence-corrected chi connectivity index (χ1v) is 12.5. The highest BCUT2D eigenvalue weighted by Crippen LogP contribution is 2.30. The van der Waals surface area contributed by atoms with Gasteiger partial charge in [0.1, 0.15) is 10.6 Å². The van der Waals surface area contributed by atoms with Crippen LogP contribution in [0.5, 0.6) is 5.75 Å². The van der Waals surface area contributed by atoms with Crippen molar-refractivity contribution in [2.75, 3.05) is 24.8 Å². The van der Waals surface area contributed by atoms with Crippen molar-refractivity contribution in [1.82, 2.24) is 9.55 Å². The van der Waals surface area contributed by atoms with Crippen LogP contribution in [-0.4, -0.2) is 41.0 Å². The van der Waals surface area contributed by atoms with Crippen LogP contribution < -0.4 is 15.6 Å². The smallest absolute Gasteiger partial charge is 0.263 e. The zero-order valence-electron chi connectivity index (χ0n) is 18.5. The fourth-order valence-electron chi connectivity index (χ4n) is 3.92. The van der Waals surface area contributed by atoms with Crippen LogP contribution in [0.3, 0.4) is 0 Å². The lowest BCUT2D eigenvalue weighted by atomic mass is 10.1. The standard InChI is InChI=1S/C23H27N3O4S2/c1-4-18-14(2)32-21-20(18)22(28)26(12-17-6-5-11-30-17)23(25-21)31-13-19(27)24-15-7-9-16(29-3)10-8-15/h7-10,17H,4-6,11-13H2,1-3H3,(H,24,27). The summed E-state index contributed by atoms with van der Waals surface area (Å²) in [5, 5.41) is 4.15. The molecule has 7 nitrogen and oxygen atoms in total. The Morgan fingerprint density at radius 3 is 2.81 bits per heavy atom. The SMILES string of the molecule is CCc1c(C)sc2nc(SCC(=O)Nc3ccc(OC)cc3)n(CC3CCCO3)c(=O)c12. The number of anilines is 1. The molecule has 170 valence electrons. The van der Waals surface area contributed by atoms with Crippen LogP contribution in [0, 0.1) is 6.92 Å². The van der Waals surface area contributed by atoms with E-state index in [9.17, 15) is 9.59 Å². The van der Waals surface area contributed by atoms with Crippen molar-refractivity contribution in [2.24, 2.45) is 0 Å². The summed E-state index contributed by atoms with van der Waals surface area (Å²) >= 11 is 2.83. The quantitative estimate of drug-likeness (QED) is 0.389. The number of ether oxygens (including phenoxy) is 2. The second-order valence-corrected chi connectivity index (χ2v) is 9.83. The zero-order chi connectivity index (χ0) is 22.7. The molecule has 0 radical (unpaired) electrons. The van der Waals surface area contributed by atoms with Crippen molar-refractivity contribution < 1.29 is 14.3 Å². The van der Waals surface area contributed by atoms with Gasteiger partial charge in [0.05, 0.1) is 30.9 Å². The predicted octanol–water partition coefficient (Wildman–Crippen LogP) is 4.25. The fraction of sp³-hybridized carbons (Fsp3) is 0.435. The summed E-state index contributed by atoms with van der Waals surface area (Å²) in [4.78, 5) is 32.7. The molecular weight excluding hydrogens is 446 g/mol. The maximum atomic E-state index is 13.5. The molecule has 1 fully saturated rings. The molecule has 0 aliphatic carbocycles. The molecule has 3 heterocycles. The van der Waals surface area contributed by atoms with E-state index in [-0.39, 0.29) is 23.3 Å². The normalized spacial score (nSPS) is 15.9. The fourth-order valence-corrected chi connectivity index (χ4v) is 5.89. The lowest BCUT2D eigenvalue weighted by Crippen LogP contribution is -2.29. The number of benzene rings is 1. The van der Waals surface area contributed by atoms with E-state index in [4.69, 9.17) is 14.5 Å².